The number of carbonyl (C=O) groups is 1. The van der Waals surface area contributed by atoms with Gasteiger partial charge in [-0.1, -0.05) is 42.5 Å². The van der Waals surface area contributed by atoms with E-state index in [1.165, 1.54) is 16.0 Å². The third kappa shape index (κ3) is 3.00. The van der Waals surface area contributed by atoms with Gasteiger partial charge in [0.15, 0.2) is 0 Å². The zero-order valence-corrected chi connectivity index (χ0v) is 16.5. The van der Waals surface area contributed by atoms with Gasteiger partial charge in [0.2, 0.25) is 0 Å². The fourth-order valence-corrected chi connectivity index (χ4v) is 4.72. The smallest absolute Gasteiger partial charge is 0.254 e. The average Bonchev–Trinajstić information content (AvgIpc) is 3.18. The lowest BCUT2D eigenvalue weighted by Crippen LogP contribution is -2.36. The summed E-state index contributed by atoms with van der Waals surface area (Å²) in [5.41, 5.74) is 5.07. The van der Waals surface area contributed by atoms with Crippen molar-refractivity contribution in [2.45, 2.75) is 19.9 Å². The van der Waals surface area contributed by atoms with Gasteiger partial charge in [-0.25, -0.2) is 4.98 Å². The largest absolute Gasteiger partial charge is 0.334 e. The molecule has 1 amide bonds. The van der Waals surface area contributed by atoms with E-state index in [0.29, 0.717) is 6.54 Å². The standard InChI is InChI=1S/C24H20N2OS/c1-16-10-11-23(28-16)22-14-20(19-8-4-5-9-21(19)25-22)24(27)26-13-12-17-6-2-3-7-18(17)15-26/h2-11,14H,12-13,15H2,1H3. The molecule has 0 radical (unpaired) electrons. The second-order valence-electron chi connectivity index (χ2n) is 7.23. The molecule has 1 aliphatic heterocycles. The second-order valence-corrected chi connectivity index (χ2v) is 8.52. The molecule has 28 heavy (non-hydrogen) atoms. The van der Waals surface area contributed by atoms with Gasteiger partial charge in [-0.15, -0.1) is 11.3 Å². The monoisotopic (exact) mass is 384 g/mol. The highest BCUT2D eigenvalue weighted by Gasteiger charge is 2.24. The van der Waals surface area contributed by atoms with Gasteiger partial charge in [0, 0.05) is 23.4 Å². The molecule has 2 aromatic heterocycles. The van der Waals surface area contributed by atoms with Crippen LogP contribution in [0, 0.1) is 6.92 Å². The molecule has 2 aromatic carbocycles. The lowest BCUT2D eigenvalue weighted by Gasteiger charge is -2.29. The minimum Gasteiger partial charge on any atom is -0.334 e. The SMILES string of the molecule is Cc1ccc(-c2cc(C(=O)N3CCc4ccccc4C3)c3ccccc3n2)s1. The number of carbonyl (C=O) groups excluding carboxylic acids is 1. The average molecular weight is 385 g/mol. The maximum atomic E-state index is 13.5. The van der Waals surface area contributed by atoms with Crippen LogP contribution >= 0.6 is 11.3 Å². The number of hydrogen-bond acceptors (Lipinski definition) is 3. The number of hydrogen-bond donors (Lipinski definition) is 0. The van der Waals surface area contributed by atoms with Crippen LogP contribution in [0.1, 0.15) is 26.4 Å². The van der Waals surface area contributed by atoms with Gasteiger partial charge >= 0.3 is 0 Å². The van der Waals surface area contributed by atoms with Crippen molar-refractivity contribution < 1.29 is 4.79 Å². The zero-order valence-electron chi connectivity index (χ0n) is 15.7. The van der Waals surface area contributed by atoms with Gasteiger partial charge in [-0.05, 0) is 48.7 Å². The molecule has 4 heteroatoms. The van der Waals surface area contributed by atoms with Crippen LogP contribution in [0.4, 0.5) is 0 Å². The van der Waals surface area contributed by atoms with Crippen molar-refractivity contribution in [1.82, 2.24) is 9.88 Å². The zero-order chi connectivity index (χ0) is 19.1. The Hall–Kier alpha value is -2.98. The van der Waals surface area contributed by atoms with Gasteiger partial charge < -0.3 is 4.90 Å². The molecular weight excluding hydrogens is 364 g/mol. The van der Waals surface area contributed by atoms with Crippen LogP contribution in [0.3, 0.4) is 0 Å². The summed E-state index contributed by atoms with van der Waals surface area (Å²) in [6.45, 7) is 3.51. The van der Waals surface area contributed by atoms with Crippen molar-refractivity contribution in [3.05, 3.63) is 88.3 Å². The molecule has 0 atom stereocenters. The number of pyridine rings is 1. The fraction of sp³-hybridized carbons (Fsp3) is 0.167. The van der Waals surface area contributed by atoms with Gasteiger partial charge in [0.1, 0.15) is 0 Å². The first-order valence-corrected chi connectivity index (χ1v) is 10.3. The van der Waals surface area contributed by atoms with Crippen LogP contribution in [-0.4, -0.2) is 22.3 Å². The van der Waals surface area contributed by atoms with Crippen molar-refractivity contribution >= 4 is 28.1 Å². The summed E-state index contributed by atoms with van der Waals surface area (Å²) in [5.74, 6) is 0.0858. The third-order valence-corrected chi connectivity index (χ3v) is 6.38. The summed E-state index contributed by atoms with van der Waals surface area (Å²) in [4.78, 5) is 22.6. The first kappa shape index (κ1) is 17.1. The Morgan fingerprint density at radius 1 is 1.00 bits per heavy atom. The van der Waals surface area contributed by atoms with Crippen LogP contribution in [0.5, 0.6) is 0 Å². The molecule has 3 heterocycles. The molecule has 0 unspecified atom stereocenters. The van der Waals surface area contributed by atoms with E-state index < -0.39 is 0 Å². The highest BCUT2D eigenvalue weighted by atomic mass is 32.1. The lowest BCUT2D eigenvalue weighted by atomic mass is 9.98. The molecule has 0 spiro atoms. The Balaban J connectivity index is 1.59. The number of aryl methyl sites for hydroxylation is 1. The first-order chi connectivity index (χ1) is 13.7. The number of benzene rings is 2. The Morgan fingerprint density at radius 3 is 2.61 bits per heavy atom. The summed E-state index contributed by atoms with van der Waals surface area (Å²) in [6, 6.07) is 22.5. The Kier molecular flexibility index (Phi) is 4.21. The fourth-order valence-electron chi connectivity index (χ4n) is 3.89. The van der Waals surface area contributed by atoms with Crippen molar-refractivity contribution in [3.8, 4) is 10.6 Å². The second kappa shape index (κ2) is 6.88. The predicted octanol–water partition coefficient (Wildman–Crippen LogP) is 5.47. The summed E-state index contributed by atoms with van der Waals surface area (Å²) < 4.78 is 0. The first-order valence-electron chi connectivity index (χ1n) is 9.52. The summed E-state index contributed by atoms with van der Waals surface area (Å²) >= 11 is 1.71. The minimum absolute atomic E-state index is 0.0858. The highest BCUT2D eigenvalue weighted by molar-refractivity contribution is 7.15. The van der Waals surface area contributed by atoms with Gasteiger partial charge in [-0.3, -0.25) is 4.79 Å². The molecule has 0 aliphatic carbocycles. The van der Waals surface area contributed by atoms with E-state index in [-0.39, 0.29) is 5.91 Å². The van der Waals surface area contributed by atoms with E-state index >= 15 is 0 Å². The molecule has 3 nitrogen and oxygen atoms in total. The number of fused-ring (bicyclic) bond motifs is 2. The summed E-state index contributed by atoms with van der Waals surface area (Å²) in [5, 5.41) is 0.920. The molecule has 0 bridgehead atoms. The number of thiophene rings is 1. The number of aromatic nitrogens is 1. The van der Waals surface area contributed by atoms with Gasteiger partial charge in [0.05, 0.1) is 21.7 Å². The van der Waals surface area contributed by atoms with E-state index in [0.717, 1.165) is 40.0 Å². The normalized spacial score (nSPS) is 13.5. The quantitative estimate of drug-likeness (QED) is 0.459. The van der Waals surface area contributed by atoms with E-state index in [9.17, 15) is 4.79 Å². The number of rotatable bonds is 2. The van der Waals surface area contributed by atoms with Crippen LogP contribution in [-0.2, 0) is 13.0 Å². The van der Waals surface area contributed by atoms with Crippen LogP contribution < -0.4 is 0 Å². The predicted molar refractivity (Wildman–Crippen MR) is 115 cm³/mol. The minimum atomic E-state index is 0.0858. The van der Waals surface area contributed by atoms with Crippen LogP contribution in [0.15, 0.2) is 66.7 Å². The van der Waals surface area contributed by atoms with Gasteiger partial charge in [-0.2, -0.15) is 0 Å². The molecule has 5 rings (SSSR count). The molecule has 0 saturated carbocycles. The van der Waals surface area contributed by atoms with Crippen molar-refractivity contribution in [3.63, 3.8) is 0 Å². The van der Waals surface area contributed by atoms with Crippen molar-refractivity contribution in [2.24, 2.45) is 0 Å². The highest BCUT2D eigenvalue weighted by Crippen LogP contribution is 2.31. The lowest BCUT2D eigenvalue weighted by molar-refractivity contribution is 0.0736. The Morgan fingerprint density at radius 2 is 1.79 bits per heavy atom. The van der Waals surface area contributed by atoms with Gasteiger partial charge in [0.25, 0.3) is 5.91 Å². The summed E-state index contributed by atoms with van der Waals surface area (Å²) in [6.07, 6.45) is 0.905. The van der Waals surface area contributed by atoms with Crippen LogP contribution in [0.25, 0.3) is 21.5 Å². The van der Waals surface area contributed by atoms with E-state index in [4.69, 9.17) is 4.98 Å². The maximum Gasteiger partial charge on any atom is 0.254 e. The molecular formula is C24H20N2OS. The molecule has 1 aliphatic rings. The number of amides is 1. The molecule has 0 fully saturated rings. The number of nitrogens with zero attached hydrogens (tertiary/aromatic N) is 2. The van der Waals surface area contributed by atoms with Crippen molar-refractivity contribution in [1.29, 1.82) is 0 Å². The third-order valence-electron chi connectivity index (χ3n) is 5.36. The van der Waals surface area contributed by atoms with E-state index in [1.54, 1.807) is 11.3 Å². The van der Waals surface area contributed by atoms with Crippen molar-refractivity contribution in [2.75, 3.05) is 6.54 Å². The van der Waals surface area contributed by atoms with E-state index in [2.05, 4.69) is 37.3 Å². The topological polar surface area (TPSA) is 33.2 Å². The van der Waals surface area contributed by atoms with E-state index in [1.807, 2.05) is 41.3 Å². The molecule has 0 saturated heterocycles. The number of para-hydroxylation sites is 1. The Bertz CT molecular complexity index is 1190. The molecule has 0 N–H and O–H groups in total. The summed E-state index contributed by atoms with van der Waals surface area (Å²) in [7, 11) is 0. The Labute approximate surface area is 168 Å². The maximum absolute atomic E-state index is 13.5. The van der Waals surface area contributed by atoms with Crippen LogP contribution in [0.2, 0.25) is 0 Å². The molecule has 138 valence electrons. The molecule has 4 aromatic rings.